The Hall–Kier alpha value is -3.61. The van der Waals surface area contributed by atoms with Crippen LogP contribution in [0.3, 0.4) is 0 Å². The second kappa shape index (κ2) is 9.47. The molecule has 2 aromatic carbocycles. The molecule has 0 fully saturated rings. The van der Waals surface area contributed by atoms with Crippen molar-refractivity contribution in [1.82, 2.24) is 0 Å². The first-order valence-electron chi connectivity index (χ1n) is 10.1. The summed E-state index contributed by atoms with van der Waals surface area (Å²) in [4.78, 5) is 40.3. The lowest BCUT2D eigenvalue weighted by molar-refractivity contribution is -0.121. The lowest BCUT2D eigenvalue weighted by atomic mass is 10.1. The second-order valence-electron chi connectivity index (χ2n) is 7.76. The summed E-state index contributed by atoms with van der Waals surface area (Å²) < 4.78 is 5.39. The first-order valence-corrected chi connectivity index (χ1v) is 10.1. The van der Waals surface area contributed by atoms with E-state index in [9.17, 15) is 19.5 Å². The first-order chi connectivity index (χ1) is 14.8. The van der Waals surface area contributed by atoms with Gasteiger partial charge in [-0.2, -0.15) is 0 Å². The number of rotatable bonds is 7. The van der Waals surface area contributed by atoms with Crippen LogP contribution in [0.1, 0.15) is 36.2 Å². The number of hydrogen-bond acceptors (Lipinski definition) is 4. The quantitative estimate of drug-likeness (QED) is 0.685. The molecular formula is C24H26N2O5. The number of allylic oxidation sites excluding steroid dienone is 1. The standard InChI is InChI=1S/C24H26N2O5/c1-16(2)7-6-10-22(27)26-15-23(28)25(14-18-8-4-5-9-21(18)31-3)19-12-11-17(24(29)30)13-20(19)26/h4-6,8-13,16H,7,14-15H2,1-3H3,(H,29,30)/b10-6+. The third-order valence-corrected chi connectivity index (χ3v) is 5.05. The van der Waals surface area contributed by atoms with Crippen molar-refractivity contribution in [3.63, 3.8) is 0 Å². The third kappa shape index (κ3) is 4.94. The molecule has 0 unspecified atom stereocenters. The molecule has 0 aliphatic carbocycles. The van der Waals surface area contributed by atoms with E-state index < -0.39 is 5.97 Å². The number of amides is 2. The van der Waals surface area contributed by atoms with Gasteiger partial charge in [-0.3, -0.25) is 14.5 Å². The Balaban J connectivity index is 2.01. The fraction of sp³-hybridized carbons (Fsp3) is 0.292. The lowest BCUT2D eigenvalue weighted by Crippen LogP contribution is -2.47. The second-order valence-corrected chi connectivity index (χ2v) is 7.76. The maximum absolute atomic E-state index is 13.0. The summed E-state index contributed by atoms with van der Waals surface area (Å²) in [6.45, 7) is 4.16. The molecule has 2 aromatic rings. The number of aromatic carboxylic acids is 1. The number of carbonyl (C=O) groups is 3. The Kier molecular flexibility index (Phi) is 6.74. The first kappa shape index (κ1) is 22.1. The maximum atomic E-state index is 13.0. The molecule has 0 aromatic heterocycles. The SMILES string of the molecule is COc1ccccc1CN1C(=O)CN(C(=O)/C=C/CC(C)C)c2cc(C(=O)O)ccc21. The molecule has 162 valence electrons. The van der Waals surface area contributed by atoms with E-state index in [1.54, 1.807) is 24.2 Å². The van der Waals surface area contributed by atoms with Crippen LogP contribution in [-0.4, -0.2) is 36.5 Å². The van der Waals surface area contributed by atoms with E-state index in [0.717, 1.165) is 12.0 Å². The highest BCUT2D eigenvalue weighted by Crippen LogP contribution is 2.36. The van der Waals surface area contributed by atoms with Crippen LogP contribution in [0.15, 0.2) is 54.6 Å². The largest absolute Gasteiger partial charge is 0.496 e. The monoisotopic (exact) mass is 422 g/mol. The zero-order valence-electron chi connectivity index (χ0n) is 17.9. The van der Waals surface area contributed by atoms with E-state index in [4.69, 9.17) is 4.74 Å². The van der Waals surface area contributed by atoms with Gasteiger partial charge in [0.25, 0.3) is 5.91 Å². The van der Waals surface area contributed by atoms with Crippen LogP contribution < -0.4 is 14.5 Å². The van der Waals surface area contributed by atoms with Crippen LogP contribution in [0.5, 0.6) is 5.75 Å². The van der Waals surface area contributed by atoms with Crippen molar-refractivity contribution in [3.8, 4) is 5.75 Å². The van der Waals surface area contributed by atoms with E-state index >= 15 is 0 Å². The molecule has 7 heteroatoms. The predicted octanol–water partition coefficient (Wildman–Crippen LogP) is 3.88. The minimum absolute atomic E-state index is 0.0503. The smallest absolute Gasteiger partial charge is 0.335 e. The Labute approximate surface area is 181 Å². The molecule has 3 rings (SSSR count). The van der Waals surface area contributed by atoms with Gasteiger partial charge < -0.3 is 14.7 Å². The fourth-order valence-corrected chi connectivity index (χ4v) is 3.45. The normalized spacial score (nSPS) is 13.6. The van der Waals surface area contributed by atoms with Gasteiger partial charge in [-0.15, -0.1) is 0 Å². The van der Waals surface area contributed by atoms with Gasteiger partial charge >= 0.3 is 5.97 Å². The van der Waals surface area contributed by atoms with Crippen molar-refractivity contribution in [2.24, 2.45) is 5.92 Å². The molecule has 1 aliphatic heterocycles. The minimum Gasteiger partial charge on any atom is -0.496 e. The zero-order chi connectivity index (χ0) is 22.5. The van der Waals surface area contributed by atoms with Crippen LogP contribution in [-0.2, 0) is 16.1 Å². The van der Waals surface area contributed by atoms with Gasteiger partial charge in [0, 0.05) is 5.56 Å². The highest BCUT2D eigenvalue weighted by atomic mass is 16.5. The number of anilines is 2. The number of carboxylic acid groups (broad SMARTS) is 1. The molecule has 0 saturated carbocycles. The number of methoxy groups -OCH3 is 1. The van der Waals surface area contributed by atoms with Crippen molar-refractivity contribution >= 4 is 29.2 Å². The molecule has 7 nitrogen and oxygen atoms in total. The Morgan fingerprint density at radius 2 is 1.90 bits per heavy atom. The molecule has 0 saturated heterocycles. The van der Waals surface area contributed by atoms with Crippen LogP contribution in [0.4, 0.5) is 11.4 Å². The predicted molar refractivity (Wildman–Crippen MR) is 119 cm³/mol. The van der Waals surface area contributed by atoms with Crippen molar-refractivity contribution < 1.29 is 24.2 Å². The number of benzene rings is 2. The number of ether oxygens (including phenoxy) is 1. The Morgan fingerprint density at radius 1 is 1.16 bits per heavy atom. The zero-order valence-corrected chi connectivity index (χ0v) is 17.9. The molecule has 1 N–H and O–H groups in total. The summed E-state index contributed by atoms with van der Waals surface area (Å²) in [5, 5.41) is 9.42. The summed E-state index contributed by atoms with van der Waals surface area (Å²) in [6.07, 6.45) is 3.95. The van der Waals surface area contributed by atoms with Crippen molar-refractivity contribution in [2.75, 3.05) is 23.5 Å². The van der Waals surface area contributed by atoms with Gasteiger partial charge in [-0.1, -0.05) is 38.1 Å². The molecule has 31 heavy (non-hydrogen) atoms. The third-order valence-electron chi connectivity index (χ3n) is 5.05. The van der Waals surface area contributed by atoms with Gasteiger partial charge in [-0.05, 0) is 42.7 Å². The maximum Gasteiger partial charge on any atom is 0.335 e. The van der Waals surface area contributed by atoms with Gasteiger partial charge in [0.2, 0.25) is 5.91 Å². The van der Waals surface area contributed by atoms with E-state index in [1.165, 1.54) is 23.1 Å². The average Bonchev–Trinajstić information content (AvgIpc) is 2.74. The summed E-state index contributed by atoms with van der Waals surface area (Å²) in [7, 11) is 1.56. The van der Waals surface area contributed by atoms with Gasteiger partial charge in [-0.25, -0.2) is 4.79 Å². The highest BCUT2D eigenvalue weighted by Gasteiger charge is 2.33. The molecular weight excluding hydrogens is 396 g/mol. The van der Waals surface area contributed by atoms with Crippen LogP contribution in [0.2, 0.25) is 0 Å². The van der Waals surface area contributed by atoms with Crippen LogP contribution >= 0.6 is 0 Å². The summed E-state index contributed by atoms with van der Waals surface area (Å²) in [5.74, 6) is -0.663. The average molecular weight is 422 g/mol. The number of nitrogens with zero attached hydrogens (tertiary/aromatic N) is 2. The molecule has 0 bridgehead atoms. The number of carboxylic acids is 1. The number of carbonyl (C=O) groups excluding carboxylic acids is 2. The van der Waals surface area contributed by atoms with Gasteiger partial charge in [0.15, 0.2) is 0 Å². The van der Waals surface area contributed by atoms with E-state index in [-0.39, 0.29) is 30.5 Å². The van der Waals surface area contributed by atoms with Crippen LogP contribution in [0.25, 0.3) is 0 Å². The van der Waals surface area contributed by atoms with Crippen LogP contribution in [0, 0.1) is 5.92 Å². The molecule has 1 heterocycles. The lowest BCUT2D eigenvalue weighted by Gasteiger charge is -2.36. The highest BCUT2D eigenvalue weighted by molar-refractivity contribution is 6.14. The summed E-state index contributed by atoms with van der Waals surface area (Å²) in [6, 6.07) is 11.8. The van der Waals surface area contributed by atoms with Crippen molar-refractivity contribution in [3.05, 3.63) is 65.7 Å². The molecule has 1 aliphatic rings. The summed E-state index contributed by atoms with van der Waals surface area (Å²) >= 11 is 0. The van der Waals surface area contributed by atoms with Crippen molar-refractivity contribution in [2.45, 2.75) is 26.8 Å². The van der Waals surface area contributed by atoms with E-state index in [2.05, 4.69) is 0 Å². The Morgan fingerprint density at radius 3 is 2.58 bits per heavy atom. The fourth-order valence-electron chi connectivity index (χ4n) is 3.45. The molecule has 2 amide bonds. The number of para-hydroxylation sites is 1. The van der Waals surface area contributed by atoms with Crippen molar-refractivity contribution in [1.29, 1.82) is 0 Å². The van der Waals surface area contributed by atoms with E-state index in [0.29, 0.717) is 23.0 Å². The minimum atomic E-state index is -1.10. The van der Waals surface area contributed by atoms with E-state index in [1.807, 2.05) is 38.1 Å². The molecule has 0 atom stereocenters. The van der Waals surface area contributed by atoms with Gasteiger partial charge in [0.1, 0.15) is 12.3 Å². The molecule has 0 radical (unpaired) electrons. The number of fused-ring (bicyclic) bond motifs is 1. The van der Waals surface area contributed by atoms with Gasteiger partial charge in [0.05, 0.1) is 30.6 Å². The topological polar surface area (TPSA) is 87.2 Å². The summed E-state index contributed by atoms with van der Waals surface area (Å²) in [5.41, 5.74) is 1.74. The molecule has 0 spiro atoms. The Bertz CT molecular complexity index is 1030. The number of hydrogen-bond donors (Lipinski definition) is 1.